The molecule has 0 unspecified atom stereocenters. The van der Waals surface area contributed by atoms with Crippen LogP contribution in [0.4, 0.5) is 5.82 Å². The van der Waals surface area contributed by atoms with Gasteiger partial charge in [-0.3, -0.25) is 9.30 Å². The molecular weight excluding hydrogens is 362 g/mol. The first-order chi connectivity index (χ1) is 13.3. The maximum absolute atomic E-state index is 5.64. The summed E-state index contributed by atoms with van der Waals surface area (Å²) in [4.78, 5) is 15.0. The highest BCUT2D eigenvalue weighted by Gasteiger charge is 2.27. The van der Waals surface area contributed by atoms with Crippen LogP contribution >= 0.6 is 11.3 Å². The highest BCUT2D eigenvalue weighted by molar-refractivity contribution is 7.13. The number of anilines is 1. The van der Waals surface area contributed by atoms with Gasteiger partial charge in [0.15, 0.2) is 5.82 Å². The van der Waals surface area contributed by atoms with Gasteiger partial charge < -0.3 is 9.32 Å². The maximum Gasteiger partial charge on any atom is 0.236 e. The molecule has 0 aromatic carbocycles. The van der Waals surface area contributed by atoms with Crippen LogP contribution in [0.15, 0.2) is 46.9 Å². The summed E-state index contributed by atoms with van der Waals surface area (Å²) in [7, 11) is 0. The van der Waals surface area contributed by atoms with Crippen LogP contribution in [0.2, 0.25) is 0 Å². The van der Waals surface area contributed by atoms with E-state index >= 15 is 0 Å². The predicted octanol–water partition coefficient (Wildman–Crippen LogP) is 2.55. The highest BCUT2D eigenvalue weighted by atomic mass is 32.1. The Morgan fingerprint density at radius 1 is 1.33 bits per heavy atom. The predicted molar refractivity (Wildman–Crippen MR) is 103 cm³/mol. The summed E-state index contributed by atoms with van der Waals surface area (Å²) in [6.45, 7) is 5.75. The Balaban J connectivity index is 1.28. The average molecular weight is 381 g/mol. The van der Waals surface area contributed by atoms with Crippen molar-refractivity contribution in [1.82, 2.24) is 29.5 Å². The van der Waals surface area contributed by atoms with Crippen LogP contribution < -0.4 is 4.90 Å². The van der Waals surface area contributed by atoms with Crippen LogP contribution in [0.25, 0.3) is 16.4 Å². The van der Waals surface area contributed by atoms with Crippen LogP contribution in [0, 0.1) is 0 Å². The summed E-state index contributed by atoms with van der Waals surface area (Å²) >= 11 is 1.64. The molecule has 0 radical (unpaired) electrons. The molecule has 0 spiro atoms. The van der Waals surface area contributed by atoms with E-state index in [-0.39, 0.29) is 0 Å². The quantitative estimate of drug-likeness (QED) is 0.538. The molecule has 0 bridgehead atoms. The molecule has 0 amide bonds. The summed E-state index contributed by atoms with van der Waals surface area (Å²) in [6.07, 6.45) is 7.14. The molecule has 1 aliphatic heterocycles. The van der Waals surface area contributed by atoms with Crippen molar-refractivity contribution in [2.75, 3.05) is 24.5 Å². The van der Waals surface area contributed by atoms with Gasteiger partial charge in [-0.25, -0.2) is 9.97 Å². The first kappa shape index (κ1) is 16.4. The summed E-state index contributed by atoms with van der Waals surface area (Å²) in [5, 5.41) is 10.2. The molecule has 4 aromatic rings. The Morgan fingerprint density at radius 3 is 3.15 bits per heavy atom. The maximum atomic E-state index is 5.64. The third kappa shape index (κ3) is 3.08. The standard InChI is InChI=1S/C18H19N7OS/c1-13-9-23(10-14-11-26-18(21-14)15-3-2-8-27-15)6-7-25(13)16-17-22-20-12-24(17)5-4-19-16/h2-5,8,11-13H,6-7,9-10H2,1H3/t13-/m1/s1. The first-order valence-corrected chi connectivity index (χ1v) is 9.77. The smallest absolute Gasteiger partial charge is 0.236 e. The van der Waals surface area contributed by atoms with Crippen LogP contribution in [0.5, 0.6) is 0 Å². The molecule has 0 N–H and O–H groups in total. The molecular formula is C18H19N7OS. The number of rotatable bonds is 4. The van der Waals surface area contributed by atoms with Crippen molar-refractivity contribution >= 4 is 22.8 Å². The zero-order chi connectivity index (χ0) is 18.2. The van der Waals surface area contributed by atoms with Gasteiger partial charge in [0.25, 0.3) is 0 Å². The molecule has 9 heteroatoms. The molecule has 5 rings (SSSR count). The SMILES string of the molecule is C[C@@H]1CN(Cc2coc(-c3cccs3)n2)CCN1c1nccn2cnnc12. The number of hydrogen-bond acceptors (Lipinski definition) is 8. The normalized spacial score (nSPS) is 18.4. The molecule has 8 nitrogen and oxygen atoms in total. The first-order valence-electron chi connectivity index (χ1n) is 8.89. The average Bonchev–Trinajstić information content (AvgIpc) is 3.42. The number of nitrogens with zero attached hydrogens (tertiary/aromatic N) is 7. The van der Waals surface area contributed by atoms with Gasteiger partial charge in [-0.2, -0.15) is 0 Å². The van der Waals surface area contributed by atoms with Gasteiger partial charge in [0, 0.05) is 44.6 Å². The van der Waals surface area contributed by atoms with Gasteiger partial charge in [0.1, 0.15) is 12.6 Å². The van der Waals surface area contributed by atoms with E-state index in [0.29, 0.717) is 11.9 Å². The number of aromatic nitrogens is 5. The van der Waals surface area contributed by atoms with Gasteiger partial charge in [-0.05, 0) is 18.4 Å². The van der Waals surface area contributed by atoms with Crippen LogP contribution in [-0.2, 0) is 6.54 Å². The van der Waals surface area contributed by atoms with Crippen molar-refractivity contribution in [2.45, 2.75) is 19.5 Å². The van der Waals surface area contributed by atoms with Crippen LogP contribution in [-0.4, -0.2) is 55.1 Å². The van der Waals surface area contributed by atoms with Gasteiger partial charge >= 0.3 is 0 Å². The van der Waals surface area contributed by atoms with Crippen molar-refractivity contribution in [1.29, 1.82) is 0 Å². The summed E-state index contributed by atoms with van der Waals surface area (Å²) in [5.41, 5.74) is 1.77. The molecule has 4 aromatic heterocycles. The van der Waals surface area contributed by atoms with Crippen molar-refractivity contribution in [2.24, 2.45) is 0 Å². The number of oxazole rings is 1. The molecule has 1 aliphatic rings. The summed E-state index contributed by atoms with van der Waals surface area (Å²) < 4.78 is 7.55. The van der Waals surface area contributed by atoms with E-state index in [1.807, 2.05) is 28.1 Å². The zero-order valence-electron chi connectivity index (χ0n) is 14.9. The Kier molecular flexibility index (Phi) is 4.10. The molecule has 1 saturated heterocycles. The second-order valence-electron chi connectivity index (χ2n) is 6.71. The Bertz CT molecular complexity index is 1040. The van der Waals surface area contributed by atoms with E-state index in [0.717, 1.165) is 48.2 Å². The third-order valence-corrected chi connectivity index (χ3v) is 5.71. The zero-order valence-corrected chi connectivity index (χ0v) is 15.7. The monoisotopic (exact) mass is 381 g/mol. The molecule has 138 valence electrons. The van der Waals surface area contributed by atoms with Crippen molar-refractivity contribution in [3.05, 3.63) is 48.2 Å². The minimum Gasteiger partial charge on any atom is -0.444 e. The summed E-state index contributed by atoms with van der Waals surface area (Å²) in [6, 6.07) is 4.35. The van der Waals surface area contributed by atoms with E-state index in [9.17, 15) is 0 Å². The molecule has 1 fully saturated rings. The lowest BCUT2D eigenvalue weighted by Crippen LogP contribution is -2.52. The fourth-order valence-electron chi connectivity index (χ4n) is 3.56. The van der Waals surface area contributed by atoms with Crippen molar-refractivity contribution in [3.8, 4) is 10.8 Å². The minimum absolute atomic E-state index is 0.317. The Hall–Kier alpha value is -2.78. The molecule has 27 heavy (non-hydrogen) atoms. The van der Waals surface area contributed by atoms with E-state index in [2.05, 4.69) is 36.9 Å². The van der Waals surface area contributed by atoms with E-state index < -0.39 is 0 Å². The lowest BCUT2D eigenvalue weighted by molar-refractivity contribution is 0.218. The van der Waals surface area contributed by atoms with Crippen LogP contribution in [0.3, 0.4) is 0 Å². The molecule has 5 heterocycles. The number of piperazine rings is 1. The van der Waals surface area contributed by atoms with Crippen molar-refractivity contribution in [3.63, 3.8) is 0 Å². The third-order valence-electron chi connectivity index (χ3n) is 4.85. The van der Waals surface area contributed by atoms with Gasteiger partial charge in [0.05, 0.1) is 10.6 Å². The highest BCUT2D eigenvalue weighted by Crippen LogP contribution is 2.25. The van der Waals surface area contributed by atoms with E-state index in [4.69, 9.17) is 4.42 Å². The molecule has 1 atom stereocenters. The van der Waals surface area contributed by atoms with Gasteiger partial charge in [0.2, 0.25) is 11.5 Å². The van der Waals surface area contributed by atoms with Gasteiger partial charge in [-0.1, -0.05) is 6.07 Å². The lowest BCUT2D eigenvalue weighted by atomic mass is 10.2. The molecule has 0 saturated carbocycles. The fourth-order valence-corrected chi connectivity index (χ4v) is 4.22. The number of thiophene rings is 1. The van der Waals surface area contributed by atoms with E-state index in [1.54, 1.807) is 30.1 Å². The van der Waals surface area contributed by atoms with Gasteiger partial charge in [-0.15, -0.1) is 21.5 Å². The molecule has 0 aliphatic carbocycles. The Labute approximate surface area is 160 Å². The lowest BCUT2D eigenvalue weighted by Gasteiger charge is -2.40. The second kappa shape index (κ2) is 6.75. The minimum atomic E-state index is 0.317. The number of hydrogen-bond donors (Lipinski definition) is 0. The largest absolute Gasteiger partial charge is 0.444 e. The number of fused-ring (bicyclic) bond motifs is 1. The topological polar surface area (TPSA) is 75.6 Å². The van der Waals surface area contributed by atoms with Crippen LogP contribution in [0.1, 0.15) is 12.6 Å². The van der Waals surface area contributed by atoms with E-state index in [1.165, 1.54) is 0 Å². The van der Waals surface area contributed by atoms with Crippen molar-refractivity contribution < 1.29 is 4.42 Å². The second-order valence-corrected chi connectivity index (χ2v) is 7.66. The summed E-state index contributed by atoms with van der Waals surface area (Å²) in [5.74, 6) is 1.60. The fraction of sp³-hybridized carbons (Fsp3) is 0.333. The Morgan fingerprint density at radius 2 is 2.30 bits per heavy atom.